The van der Waals surface area contributed by atoms with Crippen LogP contribution in [0.3, 0.4) is 0 Å². The van der Waals surface area contributed by atoms with Crippen LogP contribution in [0.4, 0.5) is 0 Å². The molecule has 0 spiro atoms. The number of carbonyl (C=O) groups is 2. The van der Waals surface area contributed by atoms with Gasteiger partial charge in [0.05, 0.1) is 18.2 Å². The van der Waals surface area contributed by atoms with Gasteiger partial charge in [0.15, 0.2) is 0 Å². The van der Waals surface area contributed by atoms with Gasteiger partial charge in [-0.15, -0.1) is 0 Å². The molecule has 3 fully saturated rings. The Morgan fingerprint density at radius 3 is 3.00 bits per heavy atom. The molecule has 2 amide bonds. The lowest BCUT2D eigenvalue weighted by atomic mass is 9.98. The SMILES string of the molecule is O=C(NC1CCN2CCCCC12)C1CC(=O)N(Cc2ccccn2)C1. The fraction of sp³-hybridized carbons (Fsp3) is 0.632. The van der Waals surface area contributed by atoms with Gasteiger partial charge < -0.3 is 10.2 Å². The summed E-state index contributed by atoms with van der Waals surface area (Å²) in [4.78, 5) is 33.5. The second kappa shape index (κ2) is 7.12. The van der Waals surface area contributed by atoms with Crippen molar-refractivity contribution in [3.05, 3.63) is 30.1 Å². The monoisotopic (exact) mass is 342 g/mol. The zero-order valence-electron chi connectivity index (χ0n) is 14.6. The summed E-state index contributed by atoms with van der Waals surface area (Å²) in [6.45, 7) is 3.24. The first-order chi connectivity index (χ1) is 12.2. The smallest absolute Gasteiger partial charge is 0.225 e. The molecule has 0 saturated carbocycles. The van der Waals surface area contributed by atoms with Gasteiger partial charge in [0.2, 0.25) is 11.8 Å². The van der Waals surface area contributed by atoms with Gasteiger partial charge in [-0.1, -0.05) is 12.5 Å². The van der Waals surface area contributed by atoms with Gasteiger partial charge in [-0.3, -0.25) is 19.5 Å². The van der Waals surface area contributed by atoms with E-state index >= 15 is 0 Å². The van der Waals surface area contributed by atoms with Crippen LogP contribution < -0.4 is 5.32 Å². The third kappa shape index (κ3) is 3.54. The first-order valence-corrected chi connectivity index (χ1v) is 9.43. The van der Waals surface area contributed by atoms with Gasteiger partial charge >= 0.3 is 0 Å². The van der Waals surface area contributed by atoms with E-state index in [1.807, 2.05) is 18.2 Å². The average Bonchev–Trinajstić information content (AvgIpc) is 3.20. The van der Waals surface area contributed by atoms with Gasteiger partial charge in [0, 0.05) is 37.8 Å². The van der Waals surface area contributed by atoms with Crippen molar-refractivity contribution in [1.29, 1.82) is 0 Å². The molecule has 6 nitrogen and oxygen atoms in total. The highest BCUT2D eigenvalue weighted by Crippen LogP contribution is 2.28. The summed E-state index contributed by atoms with van der Waals surface area (Å²) in [5, 5.41) is 3.25. The molecule has 0 bridgehead atoms. The Bertz CT molecular complexity index is 636. The van der Waals surface area contributed by atoms with E-state index in [-0.39, 0.29) is 23.8 Å². The molecule has 3 aliphatic heterocycles. The molecule has 25 heavy (non-hydrogen) atoms. The number of amides is 2. The zero-order chi connectivity index (χ0) is 17.2. The van der Waals surface area contributed by atoms with E-state index in [1.165, 1.54) is 19.3 Å². The number of hydrogen-bond acceptors (Lipinski definition) is 4. The summed E-state index contributed by atoms with van der Waals surface area (Å²) in [6.07, 6.45) is 6.80. The molecule has 4 heterocycles. The Labute approximate surface area is 148 Å². The van der Waals surface area contributed by atoms with Crippen molar-refractivity contribution in [2.75, 3.05) is 19.6 Å². The summed E-state index contributed by atoms with van der Waals surface area (Å²) < 4.78 is 0. The fourth-order valence-electron chi connectivity index (χ4n) is 4.50. The van der Waals surface area contributed by atoms with Crippen molar-refractivity contribution in [3.8, 4) is 0 Å². The molecular formula is C19H26N4O2. The summed E-state index contributed by atoms with van der Waals surface area (Å²) in [6, 6.07) is 6.45. The van der Waals surface area contributed by atoms with Crippen LogP contribution in [0, 0.1) is 5.92 Å². The molecule has 1 aromatic rings. The highest BCUT2D eigenvalue weighted by molar-refractivity contribution is 5.89. The molecule has 3 saturated heterocycles. The van der Waals surface area contributed by atoms with Crippen LogP contribution in [0.2, 0.25) is 0 Å². The second-order valence-corrected chi connectivity index (χ2v) is 7.50. The normalized spacial score (nSPS) is 29.7. The summed E-state index contributed by atoms with van der Waals surface area (Å²) in [5.41, 5.74) is 0.866. The lowest BCUT2D eigenvalue weighted by Crippen LogP contribution is -2.48. The molecule has 0 aliphatic carbocycles. The van der Waals surface area contributed by atoms with Gasteiger partial charge in [0.25, 0.3) is 0 Å². The van der Waals surface area contributed by atoms with Crippen LogP contribution in [-0.2, 0) is 16.1 Å². The van der Waals surface area contributed by atoms with Crippen molar-refractivity contribution < 1.29 is 9.59 Å². The molecule has 3 aliphatic rings. The standard InChI is InChI=1S/C19H26N4O2/c24-18-11-14(12-23(18)13-15-5-1-3-8-20-15)19(25)21-16-7-10-22-9-4-2-6-17(16)22/h1,3,5,8,14,16-17H,2,4,6-7,9-13H2,(H,21,25). The average molecular weight is 342 g/mol. The van der Waals surface area contributed by atoms with Crippen LogP contribution in [0.1, 0.15) is 37.8 Å². The van der Waals surface area contributed by atoms with E-state index in [9.17, 15) is 9.59 Å². The Morgan fingerprint density at radius 1 is 1.24 bits per heavy atom. The molecule has 4 rings (SSSR count). The minimum absolute atomic E-state index is 0.0503. The number of nitrogens with one attached hydrogen (secondary N) is 1. The van der Waals surface area contributed by atoms with Crippen LogP contribution in [0.15, 0.2) is 24.4 Å². The fourth-order valence-corrected chi connectivity index (χ4v) is 4.50. The van der Waals surface area contributed by atoms with E-state index in [1.54, 1.807) is 11.1 Å². The van der Waals surface area contributed by atoms with Crippen LogP contribution in [-0.4, -0.2) is 58.3 Å². The maximum Gasteiger partial charge on any atom is 0.225 e. The third-order valence-corrected chi connectivity index (χ3v) is 5.85. The molecule has 3 unspecified atom stereocenters. The van der Waals surface area contributed by atoms with E-state index < -0.39 is 0 Å². The van der Waals surface area contributed by atoms with Crippen molar-refractivity contribution in [2.45, 2.75) is 50.7 Å². The van der Waals surface area contributed by atoms with Crippen LogP contribution in [0.5, 0.6) is 0 Å². The molecule has 0 aromatic carbocycles. The van der Waals surface area contributed by atoms with Gasteiger partial charge in [-0.2, -0.15) is 0 Å². The predicted octanol–water partition coefficient (Wildman–Crippen LogP) is 1.17. The zero-order valence-corrected chi connectivity index (χ0v) is 14.6. The Balaban J connectivity index is 1.33. The largest absolute Gasteiger partial charge is 0.351 e. The number of aromatic nitrogens is 1. The lowest BCUT2D eigenvalue weighted by Gasteiger charge is -2.32. The molecule has 1 N–H and O–H groups in total. The quantitative estimate of drug-likeness (QED) is 0.892. The maximum absolute atomic E-state index is 12.7. The first-order valence-electron chi connectivity index (χ1n) is 9.43. The summed E-state index contributed by atoms with van der Waals surface area (Å²) >= 11 is 0. The van der Waals surface area contributed by atoms with Gasteiger partial charge in [-0.25, -0.2) is 0 Å². The first kappa shape index (κ1) is 16.5. The van der Waals surface area contributed by atoms with Crippen molar-refractivity contribution >= 4 is 11.8 Å². The molecule has 1 aromatic heterocycles. The lowest BCUT2D eigenvalue weighted by molar-refractivity contribution is -0.129. The summed E-state index contributed by atoms with van der Waals surface area (Å²) in [5.74, 6) is -0.125. The van der Waals surface area contributed by atoms with Crippen molar-refractivity contribution in [3.63, 3.8) is 0 Å². The number of piperidine rings is 1. The molecule has 0 radical (unpaired) electrons. The second-order valence-electron chi connectivity index (χ2n) is 7.50. The van der Waals surface area contributed by atoms with E-state index in [2.05, 4.69) is 15.2 Å². The van der Waals surface area contributed by atoms with Crippen LogP contribution in [0.25, 0.3) is 0 Å². The molecule has 3 atom stereocenters. The topological polar surface area (TPSA) is 65.5 Å². The van der Waals surface area contributed by atoms with Crippen molar-refractivity contribution in [1.82, 2.24) is 20.1 Å². The minimum Gasteiger partial charge on any atom is -0.351 e. The molecule has 6 heteroatoms. The summed E-state index contributed by atoms with van der Waals surface area (Å²) in [7, 11) is 0. The van der Waals surface area contributed by atoms with E-state index in [0.717, 1.165) is 25.2 Å². The van der Waals surface area contributed by atoms with Gasteiger partial charge in [-0.05, 0) is 37.9 Å². The Hall–Kier alpha value is -1.95. The Kier molecular flexibility index (Phi) is 4.70. The van der Waals surface area contributed by atoms with Gasteiger partial charge in [0.1, 0.15) is 0 Å². The predicted molar refractivity (Wildman–Crippen MR) is 93.5 cm³/mol. The van der Waals surface area contributed by atoms with E-state index in [4.69, 9.17) is 0 Å². The van der Waals surface area contributed by atoms with Crippen LogP contribution >= 0.6 is 0 Å². The number of hydrogen-bond donors (Lipinski definition) is 1. The minimum atomic E-state index is -0.228. The number of fused-ring (bicyclic) bond motifs is 1. The third-order valence-electron chi connectivity index (χ3n) is 5.85. The number of likely N-dealkylation sites (tertiary alicyclic amines) is 1. The number of rotatable bonds is 4. The van der Waals surface area contributed by atoms with Crippen molar-refractivity contribution in [2.24, 2.45) is 5.92 Å². The van der Waals surface area contributed by atoms with E-state index in [0.29, 0.717) is 25.6 Å². The maximum atomic E-state index is 12.7. The highest BCUT2D eigenvalue weighted by Gasteiger charge is 2.39. The Morgan fingerprint density at radius 2 is 2.16 bits per heavy atom. The molecular weight excluding hydrogens is 316 g/mol. The number of carbonyl (C=O) groups excluding carboxylic acids is 2. The highest BCUT2D eigenvalue weighted by atomic mass is 16.2. The number of nitrogens with zero attached hydrogens (tertiary/aromatic N) is 3. The molecule has 134 valence electrons. The number of pyridine rings is 1.